The lowest BCUT2D eigenvalue weighted by Gasteiger charge is -2.26. The Morgan fingerprint density at radius 3 is 2.75 bits per heavy atom. The number of aromatic nitrogens is 4. The van der Waals surface area contributed by atoms with Gasteiger partial charge in [-0.05, 0) is 25.0 Å². The van der Waals surface area contributed by atoms with Crippen molar-refractivity contribution in [1.29, 1.82) is 0 Å². The summed E-state index contributed by atoms with van der Waals surface area (Å²) in [7, 11) is 0. The molecular weight excluding hydrogens is 364 g/mol. The lowest BCUT2D eigenvalue weighted by molar-refractivity contribution is -0.384. The van der Waals surface area contributed by atoms with Gasteiger partial charge in [-0.15, -0.1) is 0 Å². The molecule has 1 saturated carbocycles. The third kappa shape index (κ3) is 3.13. The van der Waals surface area contributed by atoms with Crippen LogP contribution in [0.1, 0.15) is 47.8 Å². The summed E-state index contributed by atoms with van der Waals surface area (Å²) in [6.45, 7) is 1.69. The van der Waals surface area contributed by atoms with E-state index in [0.717, 1.165) is 12.8 Å². The SMILES string of the molecule is Cc1nc(C2(NC(=O)c3ccc(-n4ccnc4)c([N+](=O)[O-])c3)CCCC2)no1. The van der Waals surface area contributed by atoms with Crippen molar-refractivity contribution in [1.82, 2.24) is 25.0 Å². The maximum Gasteiger partial charge on any atom is 0.294 e. The number of carbonyl (C=O) groups is 1. The van der Waals surface area contributed by atoms with Crippen molar-refractivity contribution in [2.24, 2.45) is 0 Å². The number of nitro groups is 1. The van der Waals surface area contributed by atoms with Crippen molar-refractivity contribution >= 4 is 11.6 Å². The average molecular weight is 382 g/mol. The van der Waals surface area contributed by atoms with Gasteiger partial charge in [0, 0.05) is 30.9 Å². The van der Waals surface area contributed by atoms with Crippen molar-refractivity contribution in [3.63, 3.8) is 0 Å². The van der Waals surface area contributed by atoms with Crippen LogP contribution in [0.2, 0.25) is 0 Å². The number of aryl methyl sites for hydroxylation is 1. The highest BCUT2D eigenvalue weighted by molar-refractivity contribution is 5.96. The van der Waals surface area contributed by atoms with Gasteiger partial charge in [0.25, 0.3) is 11.6 Å². The van der Waals surface area contributed by atoms with Gasteiger partial charge in [0.15, 0.2) is 5.82 Å². The molecule has 3 aromatic rings. The number of benzene rings is 1. The van der Waals surface area contributed by atoms with Gasteiger partial charge in [0.1, 0.15) is 11.2 Å². The van der Waals surface area contributed by atoms with Crippen LogP contribution in [0.15, 0.2) is 41.4 Å². The Balaban J connectivity index is 1.66. The minimum absolute atomic E-state index is 0.179. The topological polar surface area (TPSA) is 129 Å². The molecule has 144 valence electrons. The Bertz CT molecular complexity index is 1020. The second-order valence-corrected chi connectivity index (χ2v) is 6.81. The molecule has 1 aromatic carbocycles. The fourth-order valence-corrected chi connectivity index (χ4v) is 3.60. The van der Waals surface area contributed by atoms with Crippen molar-refractivity contribution in [3.8, 4) is 5.69 Å². The van der Waals surface area contributed by atoms with Crippen LogP contribution in [-0.4, -0.2) is 30.5 Å². The molecule has 1 fully saturated rings. The number of nitrogens with zero attached hydrogens (tertiary/aromatic N) is 5. The van der Waals surface area contributed by atoms with Gasteiger partial charge in [0.2, 0.25) is 5.89 Å². The Morgan fingerprint density at radius 2 is 2.14 bits per heavy atom. The molecule has 10 nitrogen and oxygen atoms in total. The first-order chi connectivity index (χ1) is 13.5. The molecular formula is C18H18N6O4. The van der Waals surface area contributed by atoms with Gasteiger partial charge in [-0.2, -0.15) is 4.98 Å². The van der Waals surface area contributed by atoms with E-state index in [1.165, 1.54) is 29.2 Å². The predicted octanol–water partition coefficient (Wildman–Crippen LogP) is 2.67. The normalized spacial score (nSPS) is 15.5. The van der Waals surface area contributed by atoms with Crippen LogP contribution in [0.5, 0.6) is 0 Å². The van der Waals surface area contributed by atoms with Crippen molar-refractivity contribution < 1.29 is 14.2 Å². The number of nitrogens with one attached hydrogen (secondary N) is 1. The Morgan fingerprint density at radius 1 is 1.36 bits per heavy atom. The summed E-state index contributed by atoms with van der Waals surface area (Å²) in [5.74, 6) is 0.459. The lowest BCUT2D eigenvalue weighted by Crippen LogP contribution is -2.44. The van der Waals surface area contributed by atoms with Gasteiger partial charge in [-0.3, -0.25) is 14.9 Å². The quantitative estimate of drug-likeness (QED) is 0.530. The van der Waals surface area contributed by atoms with Gasteiger partial charge in [-0.25, -0.2) is 4.98 Å². The molecule has 0 spiro atoms. The molecule has 2 aromatic heterocycles. The van der Waals surface area contributed by atoms with Gasteiger partial charge in [0.05, 0.1) is 11.3 Å². The number of amides is 1. The van der Waals surface area contributed by atoms with E-state index in [1.807, 2.05) is 0 Å². The minimum atomic E-state index is -0.716. The fourth-order valence-electron chi connectivity index (χ4n) is 3.60. The zero-order valence-corrected chi connectivity index (χ0v) is 15.2. The maximum atomic E-state index is 12.9. The molecule has 0 aliphatic heterocycles. The summed E-state index contributed by atoms with van der Waals surface area (Å²) in [6, 6.07) is 4.37. The molecule has 2 heterocycles. The van der Waals surface area contributed by atoms with Crippen LogP contribution in [0.3, 0.4) is 0 Å². The third-order valence-electron chi connectivity index (χ3n) is 4.98. The summed E-state index contributed by atoms with van der Waals surface area (Å²) in [5.41, 5.74) is -0.362. The number of nitro benzene ring substituents is 1. The van der Waals surface area contributed by atoms with E-state index in [9.17, 15) is 14.9 Å². The summed E-state index contributed by atoms with van der Waals surface area (Å²) >= 11 is 0. The molecule has 4 rings (SSSR count). The molecule has 1 aliphatic carbocycles. The third-order valence-corrected chi connectivity index (χ3v) is 4.98. The molecule has 1 aliphatic rings. The maximum absolute atomic E-state index is 12.9. The van der Waals surface area contributed by atoms with E-state index in [0.29, 0.717) is 30.2 Å². The zero-order valence-electron chi connectivity index (χ0n) is 15.2. The first kappa shape index (κ1) is 17.8. The van der Waals surface area contributed by atoms with Crippen LogP contribution in [0, 0.1) is 17.0 Å². The molecule has 0 unspecified atom stereocenters. The fraction of sp³-hybridized carbons (Fsp3) is 0.333. The molecule has 0 radical (unpaired) electrons. The van der Waals surface area contributed by atoms with E-state index in [4.69, 9.17) is 4.52 Å². The van der Waals surface area contributed by atoms with Gasteiger partial charge >= 0.3 is 0 Å². The van der Waals surface area contributed by atoms with E-state index in [2.05, 4.69) is 20.4 Å². The van der Waals surface area contributed by atoms with Crippen molar-refractivity contribution in [3.05, 3.63) is 64.3 Å². The summed E-state index contributed by atoms with van der Waals surface area (Å²) in [6.07, 6.45) is 7.82. The number of rotatable bonds is 5. The van der Waals surface area contributed by atoms with Crippen LogP contribution in [0.4, 0.5) is 5.69 Å². The standard InChI is InChI=1S/C18H18N6O4/c1-12-20-17(22-28-12)18(6-2-3-7-18)21-16(25)13-4-5-14(15(10-13)24(26)27)23-9-8-19-11-23/h4-5,8-11H,2-3,6-7H2,1H3,(H,21,25). The molecule has 0 atom stereocenters. The molecule has 0 bridgehead atoms. The van der Waals surface area contributed by atoms with Crippen molar-refractivity contribution in [2.75, 3.05) is 0 Å². The first-order valence-electron chi connectivity index (χ1n) is 8.89. The summed E-state index contributed by atoms with van der Waals surface area (Å²) in [4.78, 5) is 32.1. The highest BCUT2D eigenvalue weighted by Crippen LogP contribution is 2.37. The molecule has 10 heteroatoms. The van der Waals surface area contributed by atoms with E-state index >= 15 is 0 Å². The van der Waals surface area contributed by atoms with Crippen LogP contribution in [-0.2, 0) is 5.54 Å². The van der Waals surface area contributed by atoms with Gasteiger partial charge < -0.3 is 14.4 Å². The van der Waals surface area contributed by atoms with E-state index in [1.54, 1.807) is 19.2 Å². The monoisotopic (exact) mass is 382 g/mol. The Kier molecular flexibility index (Phi) is 4.38. The highest BCUT2D eigenvalue weighted by atomic mass is 16.6. The predicted molar refractivity (Wildman–Crippen MR) is 96.9 cm³/mol. The smallest absolute Gasteiger partial charge is 0.294 e. The van der Waals surface area contributed by atoms with Crippen molar-refractivity contribution in [2.45, 2.75) is 38.1 Å². The highest BCUT2D eigenvalue weighted by Gasteiger charge is 2.41. The Labute approximate surface area is 159 Å². The minimum Gasteiger partial charge on any atom is -0.340 e. The van der Waals surface area contributed by atoms with Gasteiger partial charge in [-0.1, -0.05) is 18.0 Å². The van der Waals surface area contributed by atoms with E-state index in [-0.39, 0.29) is 11.3 Å². The number of hydrogen-bond donors (Lipinski definition) is 1. The van der Waals surface area contributed by atoms with Crippen LogP contribution in [0.25, 0.3) is 5.69 Å². The molecule has 1 amide bonds. The second kappa shape index (κ2) is 6.87. The first-order valence-corrected chi connectivity index (χ1v) is 8.89. The van der Waals surface area contributed by atoms with E-state index < -0.39 is 16.4 Å². The number of hydrogen-bond acceptors (Lipinski definition) is 7. The lowest BCUT2D eigenvalue weighted by atomic mass is 9.95. The molecule has 28 heavy (non-hydrogen) atoms. The summed E-state index contributed by atoms with van der Waals surface area (Å²) in [5, 5.41) is 18.5. The zero-order chi connectivity index (χ0) is 19.7. The second-order valence-electron chi connectivity index (χ2n) is 6.81. The van der Waals surface area contributed by atoms with Crippen LogP contribution >= 0.6 is 0 Å². The molecule has 0 saturated heterocycles. The largest absolute Gasteiger partial charge is 0.340 e. The average Bonchev–Trinajstić information content (AvgIpc) is 3.43. The summed E-state index contributed by atoms with van der Waals surface area (Å²) < 4.78 is 6.61. The number of carbonyl (C=O) groups excluding carboxylic acids is 1. The molecule has 1 N–H and O–H groups in total. The van der Waals surface area contributed by atoms with Crippen LogP contribution < -0.4 is 5.32 Å². The number of imidazole rings is 1. The Hall–Kier alpha value is -3.56.